The van der Waals surface area contributed by atoms with Gasteiger partial charge in [0.05, 0.1) is 0 Å². The number of carbonyl (C=O) groups excluding carboxylic acids is 2. The highest BCUT2D eigenvalue weighted by Crippen LogP contribution is 2.34. The summed E-state index contributed by atoms with van der Waals surface area (Å²) in [4.78, 5) is 31.7. The molecule has 4 amide bonds. The maximum absolute atomic E-state index is 12.6. The van der Waals surface area contributed by atoms with Gasteiger partial charge in [-0.3, -0.25) is 4.90 Å². The third-order valence-electron chi connectivity index (χ3n) is 4.04. The van der Waals surface area contributed by atoms with Gasteiger partial charge in [-0.05, 0) is 20.3 Å². The standard InChI is InChI=1S/C13H24N4O2/c1-6-7-8-16-10-11(15(5)12(18)14(10)4)17(9(2)3)13(16)19/h9-11H,6-8H2,1-5H3. The summed E-state index contributed by atoms with van der Waals surface area (Å²) in [7, 11) is 3.55. The SMILES string of the molecule is CCCCN1C(=O)N(C(C)C)C2C1N(C)C(=O)N2C. The van der Waals surface area contributed by atoms with Crippen molar-refractivity contribution in [3.63, 3.8) is 0 Å². The van der Waals surface area contributed by atoms with Crippen molar-refractivity contribution in [3.05, 3.63) is 0 Å². The van der Waals surface area contributed by atoms with Gasteiger partial charge in [0.2, 0.25) is 0 Å². The Morgan fingerprint density at radius 3 is 2.16 bits per heavy atom. The highest BCUT2D eigenvalue weighted by Gasteiger charge is 2.57. The van der Waals surface area contributed by atoms with E-state index in [-0.39, 0.29) is 30.4 Å². The van der Waals surface area contributed by atoms with Crippen molar-refractivity contribution in [1.82, 2.24) is 19.6 Å². The van der Waals surface area contributed by atoms with Crippen molar-refractivity contribution in [2.45, 2.75) is 52.0 Å². The average molecular weight is 268 g/mol. The summed E-state index contributed by atoms with van der Waals surface area (Å²) in [6, 6.07) is 0.118. The average Bonchev–Trinajstić information content (AvgIpc) is 2.76. The van der Waals surface area contributed by atoms with Crippen LogP contribution in [0.5, 0.6) is 0 Å². The van der Waals surface area contributed by atoms with Gasteiger partial charge in [-0.2, -0.15) is 0 Å². The molecule has 2 atom stereocenters. The molecule has 0 radical (unpaired) electrons. The van der Waals surface area contributed by atoms with Crippen LogP contribution in [-0.4, -0.2) is 70.7 Å². The van der Waals surface area contributed by atoms with E-state index in [1.165, 1.54) is 0 Å². The second-order valence-electron chi connectivity index (χ2n) is 5.66. The molecule has 0 aromatic heterocycles. The number of unbranched alkanes of at least 4 members (excludes halogenated alkanes) is 1. The first-order chi connectivity index (χ1) is 8.91. The molecular weight excluding hydrogens is 244 g/mol. The van der Waals surface area contributed by atoms with Gasteiger partial charge < -0.3 is 14.7 Å². The first kappa shape index (κ1) is 14.0. The van der Waals surface area contributed by atoms with Crippen LogP contribution in [0.3, 0.4) is 0 Å². The molecule has 108 valence electrons. The zero-order chi connectivity index (χ0) is 14.3. The molecule has 0 N–H and O–H groups in total. The van der Waals surface area contributed by atoms with E-state index in [9.17, 15) is 9.59 Å². The Balaban J connectivity index is 2.32. The fourth-order valence-electron chi connectivity index (χ4n) is 3.03. The molecule has 2 saturated heterocycles. The topological polar surface area (TPSA) is 47.1 Å². The summed E-state index contributed by atoms with van der Waals surface area (Å²) in [6.45, 7) is 6.81. The molecule has 0 aromatic carbocycles. The van der Waals surface area contributed by atoms with E-state index >= 15 is 0 Å². The van der Waals surface area contributed by atoms with Gasteiger partial charge in [0, 0.05) is 26.7 Å². The number of nitrogens with zero attached hydrogens (tertiary/aromatic N) is 4. The first-order valence-electron chi connectivity index (χ1n) is 7.00. The summed E-state index contributed by atoms with van der Waals surface area (Å²) >= 11 is 0. The molecule has 2 heterocycles. The Hall–Kier alpha value is -1.46. The van der Waals surface area contributed by atoms with Gasteiger partial charge in [0.15, 0.2) is 0 Å². The van der Waals surface area contributed by atoms with Crippen LogP contribution in [0.15, 0.2) is 0 Å². The van der Waals surface area contributed by atoms with Crippen LogP contribution < -0.4 is 0 Å². The smallest absolute Gasteiger partial charge is 0.303 e. The fraction of sp³-hybridized carbons (Fsp3) is 0.846. The van der Waals surface area contributed by atoms with Crippen LogP contribution >= 0.6 is 0 Å². The molecule has 2 rings (SSSR count). The van der Waals surface area contributed by atoms with Crippen molar-refractivity contribution in [2.75, 3.05) is 20.6 Å². The molecule has 2 aliphatic rings. The van der Waals surface area contributed by atoms with Crippen LogP contribution in [0, 0.1) is 0 Å². The van der Waals surface area contributed by atoms with E-state index in [1.807, 2.05) is 23.6 Å². The number of urea groups is 2. The molecule has 0 saturated carbocycles. The second-order valence-corrected chi connectivity index (χ2v) is 5.66. The molecule has 0 bridgehead atoms. The zero-order valence-electron chi connectivity index (χ0n) is 12.5. The predicted molar refractivity (Wildman–Crippen MR) is 72.5 cm³/mol. The number of hydrogen-bond acceptors (Lipinski definition) is 2. The molecule has 19 heavy (non-hydrogen) atoms. The van der Waals surface area contributed by atoms with E-state index in [1.54, 1.807) is 23.9 Å². The summed E-state index contributed by atoms with van der Waals surface area (Å²) in [5.74, 6) is 0. The summed E-state index contributed by atoms with van der Waals surface area (Å²) in [5.41, 5.74) is 0. The molecule has 0 aromatic rings. The molecular formula is C13H24N4O2. The lowest BCUT2D eigenvalue weighted by Gasteiger charge is -2.29. The van der Waals surface area contributed by atoms with E-state index in [4.69, 9.17) is 0 Å². The first-order valence-corrected chi connectivity index (χ1v) is 7.00. The van der Waals surface area contributed by atoms with E-state index in [0.717, 1.165) is 12.8 Å². The van der Waals surface area contributed by atoms with Crippen molar-refractivity contribution in [3.8, 4) is 0 Å². The summed E-state index contributed by atoms with van der Waals surface area (Å²) in [6.07, 6.45) is 1.68. The third kappa shape index (κ3) is 1.93. The molecule has 0 spiro atoms. The van der Waals surface area contributed by atoms with E-state index in [2.05, 4.69) is 6.92 Å². The number of carbonyl (C=O) groups is 2. The minimum absolute atomic E-state index is 0.0188. The highest BCUT2D eigenvalue weighted by molar-refractivity contribution is 5.85. The van der Waals surface area contributed by atoms with Crippen LogP contribution in [-0.2, 0) is 0 Å². The molecule has 2 aliphatic heterocycles. The van der Waals surface area contributed by atoms with Gasteiger partial charge in [-0.1, -0.05) is 13.3 Å². The maximum atomic E-state index is 12.6. The Labute approximate surface area is 114 Å². The van der Waals surface area contributed by atoms with Gasteiger partial charge >= 0.3 is 12.1 Å². The number of hydrogen-bond donors (Lipinski definition) is 0. The minimum atomic E-state index is -0.165. The molecule has 6 heteroatoms. The number of rotatable bonds is 4. The van der Waals surface area contributed by atoms with Crippen molar-refractivity contribution in [1.29, 1.82) is 0 Å². The Kier molecular flexibility index (Phi) is 3.60. The largest absolute Gasteiger partial charge is 0.323 e. The lowest BCUT2D eigenvalue weighted by Crippen LogP contribution is -2.47. The van der Waals surface area contributed by atoms with Crippen LogP contribution in [0.25, 0.3) is 0 Å². The lowest BCUT2D eigenvalue weighted by atomic mass is 10.2. The maximum Gasteiger partial charge on any atom is 0.323 e. The lowest BCUT2D eigenvalue weighted by molar-refractivity contribution is 0.124. The van der Waals surface area contributed by atoms with Crippen molar-refractivity contribution in [2.24, 2.45) is 0 Å². The van der Waals surface area contributed by atoms with Gasteiger partial charge in [-0.25, -0.2) is 9.59 Å². The molecule has 2 unspecified atom stereocenters. The van der Waals surface area contributed by atoms with E-state index in [0.29, 0.717) is 6.54 Å². The number of fused-ring (bicyclic) bond motifs is 1. The van der Waals surface area contributed by atoms with E-state index < -0.39 is 0 Å². The van der Waals surface area contributed by atoms with Crippen LogP contribution in [0.1, 0.15) is 33.6 Å². The van der Waals surface area contributed by atoms with Crippen molar-refractivity contribution < 1.29 is 9.59 Å². The Bertz CT molecular complexity index is 385. The Morgan fingerprint density at radius 1 is 1.05 bits per heavy atom. The van der Waals surface area contributed by atoms with Gasteiger partial charge in [-0.15, -0.1) is 0 Å². The molecule has 6 nitrogen and oxygen atoms in total. The zero-order valence-corrected chi connectivity index (χ0v) is 12.5. The highest BCUT2D eigenvalue weighted by atomic mass is 16.2. The van der Waals surface area contributed by atoms with Crippen LogP contribution in [0.2, 0.25) is 0 Å². The summed E-state index contributed by atoms with van der Waals surface area (Å²) < 4.78 is 0. The number of amides is 4. The second kappa shape index (κ2) is 4.90. The molecule has 0 aliphatic carbocycles. The minimum Gasteiger partial charge on any atom is -0.303 e. The van der Waals surface area contributed by atoms with Gasteiger partial charge in [0.25, 0.3) is 0 Å². The normalized spacial score (nSPS) is 27.1. The van der Waals surface area contributed by atoms with Crippen LogP contribution in [0.4, 0.5) is 9.59 Å². The van der Waals surface area contributed by atoms with Crippen molar-refractivity contribution >= 4 is 12.1 Å². The summed E-state index contributed by atoms with van der Waals surface area (Å²) in [5, 5.41) is 0. The fourth-order valence-corrected chi connectivity index (χ4v) is 3.03. The molecule has 2 fully saturated rings. The Morgan fingerprint density at radius 2 is 1.63 bits per heavy atom. The third-order valence-corrected chi connectivity index (χ3v) is 4.04. The number of likely N-dealkylation sites (N-methyl/N-ethyl adjacent to an activating group) is 2. The monoisotopic (exact) mass is 268 g/mol. The predicted octanol–water partition coefficient (Wildman–Crippen LogP) is 1.58. The van der Waals surface area contributed by atoms with Gasteiger partial charge in [0.1, 0.15) is 12.3 Å². The quantitative estimate of drug-likeness (QED) is 0.777.